The minimum atomic E-state index is 0.505. The minimum Gasteiger partial charge on any atom is -0.456 e. The number of fused-ring (bicyclic) bond motifs is 6. The van der Waals surface area contributed by atoms with Crippen molar-refractivity contribution in [3.8, 4) is 11.1 Å². The second-order valence-corrected chi connectivity index (χ2v) is 9.48. The van der Waals surface area contributed by atoms with Gasteiger partial charge in [0.1, 0.15) is 11.2 Å². The number of hydrogen-bond donors (Lipinski definition) is 1. The van der Waals surface area contributed by atoms with Gasteiger partial charge in [-0.3, -0.25) is 0 Å². The molecule has 0 bridgehead atoms. The standard InChI is InChI=1S/C35H26N2O/c36-21-9-8-14-31(24-10-2-1-3-11-24)37-32-15-6-4-12-27(32)29-22-25(17-19-33(29)37)26-18-20-35-30(23-26)28-13-5-7-16-34(28)38-35/h1-20,22-23H,21,36H2/b9-8-,31-14-. The first-order valence-electron chi connectivity index (χ1n) is 12.9. The Morgan fingerprint density at radius 2 is 1.29 bits per heavy atom. The first-order chi connectivity index (χ1) is 18.8. The summed E-state index contributed by atoms with van der Waals surface area (Å²) in [5.41, 5.74) is 14.5. The third-order valence-electron chi connectivity index (χ3n) is 7.22. The van der Waals surface area contributed by atoms with Crippen LogP contribution in [0.1, 0.15) is 5.56 Å². The maximum atomic E-state index is 6.06. The van der Waals surface area contributed by atoms with Crippen LogP contribution in [0, 0.1) is 0 Å². The second-order valence-electron chi connectivity index (χ2n) is 9.48. The van der Waals surface area contributed by atoms with Gasteiger partial charge in [0.25, 0.3) is 0 Å². The monoisotopic (exact) mass is 490 g/mol. The van der Waals surface area contributed by atoms with Gasteiger partial charge in [-0.05, 0) is 59.2 Å². The van der Waals surface area contributed by atoms with E-state index in [4.69, 9.17) is 10.2 Å². The molecule has 0 aliphatic rings. The summed E-state index contributed by atoms with van der Waals surface area (Å²) in [6.45, 7) is 0.505. The van der Waals surface area contributed by atoms with E-state index in [0.29, 0.717) is 6.54 Å². The zero-order chi connectivity index (χ0) is 25.5. The topological polar surface area (TPSA) is 44.1 Å². The fourth-order valence-electron chi connectivity index (χ4n) is 5.46. The fourth-order valence-corrected chi connectivity index (χ4v) is 5.46. The lowest BCUT2D eigenvalue weighted by molar-refractivity contribution is 0.669. The zero-order valence-electron chi connectivity index (χ0n) is 20.8. The highest BCUT2D eigenvalue weighted by molar-refractivity contribution is 6.12. The van der Waals surface area contributed by atoms with Crippen LogP contribution in [0.5, 0.6) is 0 Å². The van der Waals surface area contributed by atoms with Gasteiger partial charge < -0.3 is 14.7 Å². The lowest BCUT2D eigenvalue weighted by Crippen LogP contribution is -1.99. The van der Waals surface area contributed by atoms with Crippen molar-refractivity contribution in [3.63, 3.8) is 0 Å². The van der Waals surface area contributed by atoms with Gasteiger partial charge in [-0.15, -0.1) is 0 Å². The third kappa shape index (κ3) is 3.64. The molecule has 2 heterocycles. The van der Waals surface area contributed by atoms with Gasteiger partial charge >= 0.3 is 0 Å². The number of aromatic nitrogens is 1. The summed E-state index contributed by atoms with van der Waals surface area (Å²) in [5.74, 6) is 0. The van der Waals surface area contributed by atoms with Crippen molar-refractivity contribution >= 4 is 49.4 Å². The molecule has 0 atom stereocenters. The highest BCUT2D eigenvalue weighted by atomic mass is 16.3. The average Bonchev–Trinajstić information content (AvgIpc) is 3.51. The van der Waals surface area contributed by atoms with Crippen LogP contribution in [-0.2, 0) is 0 Å². The summed E-state index contributed by atoms with van der Waals surface area (Å²) >= 11 is 0. The Morgan fingerprint density at radius 1 is 0.632 bits per heavy atom. The molecule has 3 nitrogen and oxygen atoms in total. The molecule has 38 heavy (non-hydrogen) atoms. The van der Waals surface area contributed by atoms with Crippen molar-refractivity contribution in [1.82, 2.24) is 4.57 Å². The van der Waals surface area contributed by atoms with Gasteiger partial charge in [-0.2, -0.15) is 0 Å². The van der Waals surface area contributed by atoms with E-state index in [1.165, 1.54) is 32.9 Å². The first kappa shape index (κ1) is 22.3. The Bertz CT molecular complexity index is 2000. The smallest absolute Gasteiger partial charge is 0.135 e. The number of para-hydroxylation sites is 2. The molecule has 0 aliphatic carbocycles. The van der Waals surface area contributed by atoms with Gasteiger partial charge in [0, 0.05) is 28.1 Å². The number of allylic oxidation sites excluding steroid dienone is 2. The quantitative estimate of drug-likeness (QED) is 0.245. The molecule has 5 aromatic carbocycles. The molecule has 0 saturated carbocycles. The molecule has 0 radical (unpaired) electrons. The van der Waals surface area contributed by atoms with Crippen LogP contribution in [0.15, 0.2) is 138 Å². The van der Waals surface area contributed by atoms with Crippen molar-refractivity contribution in [2.24, 2.45) is 5.73 Å². The van der Waals surface area contributed by atoms with Gasteiger partial charge in [0.15, 0.2) is 0 Å². The Balaban J connectivity index is 1.46. The predicted molar refractivity (Wildman–Crippen MR) is 160 cm³/mol. The molecular weight excluding hydrogens is 464 g/mol. The first-order valence-corrected chi connectivity index (χ1v) is 12.9. The van der Waals surface area contributed by atoms with Gasteiger partial charge in [-0.25, -0.2) is 0 Å². The molecule has 0 amide bonds. The van der Waals surface area contributed by atoms with E-state index in [0.717, 1.165) is 33.2 Å². The SMILES string of the molecule is NC/C=C\C=C(\c1ccccc1)n1c2ccccc2c2cc(-c3ccc4oc5ccccc5c4c3)ccc21. The number of nitrogens with two attached hydrogens (primary N) is 1. The summed E-state index contributed by atoms with van der Waals surface area (Å²) < 4.78 is 8.42. The summed E-state index contributed by atoms with van der Waals surface area (Å²) in [4.78, 5) is 0. The summed E-state index contributed by atoms with van der Waals surface area (Å²) in [5, 5.41) is 4.73. The molecule has 0 unspecified atom stereocenters. The molecule has 0 saturated heterocycles. The Kier molecular flexibility index (Phi) is 5.42. The van der Waals surface area contributed by atoms with Gasteiger partial charge in [0.2, 0.25) is 0 Å². The Hall–Kier alpha value is -4.86. The molecule has 3 heteroatoms. The lowest BCUT2D eigenvalue weighted by Gasteiger charge is -2.13. The summed E-state index contributed by atoms with van der Waals surface area (Å²) in [6.07, 6.45) is 6.17. The fraction of sp³-hybridized carbons (Fsp3) is 0.0286. The molecule has 2 aromatic heterocycles. The van der Waals surface area contributed by atoms with Crippen molar-refractivity contribution < 1.29 is 4.42 Å². The normalized spacial score (nSPS) is 12.5. The van der Waals surface area contributed by atoms with Crippen LogP contribution in [0.3, 0.4) is 0 Å². The second kappa shape index (κ2) is 9.22. The van der Waals surface area contributed by atoms with Crippen LogP contribution in [0.2, 0.25) is 0 Å². The number of rotatable bonds is 5. The van der Waals surface area contributed by atoms with Gasteiger partial charge in [0.05, 0.1) is 16.7 Å². The van der Waals surface area contributed by atoms with Crippen LogP contribution in [-0.4, -0.2) is 11.1 Å². The maximum Gasteiger partial charge on any atom is 0.135 e. The largest absolute Gasteiger partial charge is 0.456 e. The maximum absolute atomic E-state index is 6.06. The van der Waals surface area contributed by atoms with Crippen LogP contribution < -0.4 is 5.73 Å². The van der Waals surface area contributed by atoms with E-state index in [9.17, 15) is 0 Å². The molecule has 0 fully saturated rings. The van der Waals surface area contributed by atoms with Crippen LogP contribution in [0.4, 0.5) is 0 Å². The highest BCUT2D eigenvalue weighted by Gasteiger charge is 2.16. The molecule has 0 aliphatic heterocycles. The summed E-state index contributed by atoms with van der Waals surface area (Å²) in [7, 11) is 0. The van der Waals surface area contributed by atoms with Crippen molar-refractivity contribution in [2.45, 2.75) is 0 Å². The van der Waals surface area contributed by atoms with E-state index in [1.54, 1.807) is 0 Å². The van der Waals surface area contributed by atoms with Crippen molar-refractivity contribution in [3.05, 3.63) is 139 Å². The molecule has 182 valence electrons. The van der Waals surface area contributed by atoms with Crippen molar-refractivity contribution in [1.29, 1.82) is 0 Å². The van der Waals surface area contributed by atoms with E-state index in [2.05, 4.69) is 114 Å². The Labute approximate surface area is 220 Å². The van der Waals surface area contributed by atoms with Crippen molar-refractivity contribution in [2.75, 3.05) is 6.54 Å². The number of nitrogens with zero attached hydrogens (tertiary/aromatic N) is 1. The number of benzene rings is 5. The minimum absolute atomic E-state index is 0.505. The molecule has 7 rings (SSSR count). The molecular formula is C35H26N2O. The molecule has 2 N–H and O–H groups in total. The van der Waals surface area contributed by atoms with Crippen LogP contribution >= 0.6 is 0 Å². The Morgan fingerprint density at radius 3 is 2.13 bits per heavy atom. The van der Waals surface area contributed by atoms with E-state index < -0.39 is 0 Å². The zero-order valence-corrected chi connectivity index (χ0v) is 20.8. The summed E-state index contributed by atoms with van der Waals surface area (Å²) in [6, 6.07) is 40.6. The van der Waals surface area contributed by atoms with Gasteiger partial charge in [-0.1, -0.05) is 91.0 Å². The third-order valence-corrected chi connectivity index (χ3v) is 7.22. The lowest BCUT2D eigenvalue weighted by atomic mass is 10.0. The average molecular weight is 491 g/mol. The number of furan rings is 1. The predicted octanol–water partition coefficient (Wildman–Crippen LogP) is 8.76. The van der Waals surface area contributed by atoms with E-state index in [-0.39, 0.29) is 0 Å². The molecule has 7 aromatic rings. The molecule has 0 spiro atoms. The van der Waals surface area contributed by atoms with E-state index in [1.807, 2.05) is 24.3 Å². The van der Waals surface area contributed by atoms with E-state index >= 15 is 0 Å². The highest BCUT2D eigenvalue weighted by Crippen LogP contribution is 2.38. The number of hydrogen-bond acceptors (Lipinski definition) is 2. The van der Waals surface area contributed by atoms with Crippen LogP contribution in [0.25, 0.3) is 60.6 Å².